The Bertz CT molecular complexity index is 569. The molecule has 1 aromatic heterocycles. The van der Waals surface area contributed by atoms with Crippen LogP contribution in [0.25, 0.3) is 0 Å². The van der Waals surface area contributed by atoms with Crippen LogP contribution in [0, 0.1) is 0 Å². The fourth-order valence-electron chi connectivity index (χ4n) is 1.98. The highest BCUT2D eigenvalue weighted by atomic mass is 32.1. The van der Waals surface area contributed by atoms with Gasteiger partial charge in [-0.2, -0.15) is 4.37 Å². The normalized spacial score (nSPS) is 15.2. The van der Waals surface area contributed by atoms with Gasteiger partial charge in [0.2, 0.25) is 5.82 Å². The number of benzene rings is 1. The molecule has 7 heteroatoms. The molecule has 0 amide bonds. The second-order valence-corrected chi connectivity index (χ2v) is 4.80. The van der Waals surface area contributed by atoms with Crippen molar-refractivity contribution >= 4 is 17.5 Å². The van der Waals surface area contributed by atoms with E-state index in [-0.39, 0.29) is 0 Å². The monoisotopic (exact) mass is 293 g/mol. The molecule has 1 fully saturated rings. The topological polar surface area (TPSA) is 56.7 Å². The maximum absolute atomic E-state index is 5.82. The fraction of sp³-hybridized carbons (Fsp3) is 0.385. The number of aromatic nitrogens is 2. The predicted molar refractivity (Wildman–Crippen MR) is 76.0 cm³/mol. The van der Waals surface area contributed by atoms with Crippen LogP contribution in [0.3, 0.4) is 0 Å². The molecule has 1 aromatic carbocycles. The van der Waals surface area contributed by atoms with Gasteiger partial charge in [-0.25, -0.2) is 0 Å². The van der Waals surface area contributed by atoms with Gasteiger partial charge in [-0.15, -0.1) is 4.37 Å². The molecule has 0 N–H and O–H groups in total. The summed E-state index contributed by atoms with van der Waals surface area (Å²) in [4.78, 5) is 2.13. The number of anilines is 1. The summed E-state index contributed by atoms with van der Waals surface area (Å²) >= 11 is 1.15. The lowest BCUT2D eigenvalue weighted by Gasteiger charge is -2.26. The first kappa shape index (κ1) is 13.1. The molecule has 0 spiro atoms. The molecular weight excluding hydrogens is 278 g/mol. The van der Waals surface area contributed by atoms with E-state index < -0.39 is 0 Å². The minimum absolute atomic E-state index is 0.533. The van der Waals surface area contributed by atoms with Gasteiger partial charge >= 0.3 is 0 Å². The van der Waals surface area contributed by atoms with Crippen molar-refractivity contribution < 1.29 is 14.2 Å². The summed E-state index contributed by atoms with van der Waals surface area (Å²) in [5, 5.41) is 0. The van der Waals surface area contributed by atoms with E-state index >= 15 is 0 Å². The van der Waals surface area contributed by atoms with Crippen molar-refractivity contribution in [3.63, 3.8) is 0 Å². The second-order valence-electron chi connectivity index (χ2n) is 4.27. The van der Waals surface area contributed by atoms with Crippen LogP contribution < -0.4 is 14.4 Å². The van der Waals surface area contributed by atoms with Gasteiger partial charge in [0.1, 0.15) is 11.5 Å². The van der Waals surface area contributed by atoms with Crippen LogP contribution in [-0.4, -0.2) is 42.2 Å². The summed E-state index contributed by atoms with van der Waals surface area (Å²) in [6, 6.07) is 7.44. The summed E-state index contributed by atoms with van der Waals surface area (Å²) in [6.07, 6.45) is 0. The Balaban J connectivity index is 1.78. The van der Waals surface area contributed by atoms with E-state index in [1.54, 1.807) is 7.11 Å². The van der Waals surface area contributed by atoms with E-state index in [1.807, 2.05) is 24.3 Å². The summed E-state index contributed by atoms with van der Waals surface area (Å²) < 4.78 is 24.9. The lowest BCUT2D eigenvalue weighted by atomic mass is 10.3. The van der Waals surface area contributed by atoms with E-state index in [1.165, 1.54) is 0 Å². The molecule has 2 heterocycles. The first-order valence-electron chi connectivity index (χ1n) is 6.34. The second kappa shape index (κ2) is 6.06. The number of ether oxygens (including phenoxy) is 3. The average Bonchev–Trinajstić information content (AvgIpc) is 2.96. The molecule has 3 rings (SSSR count). The Morgan fingerprint density at radius 3 is 2.80 bits per heavy atom. The molecule has 106 valence electrons. The molecule has 1 aliphatic heterocycles. The summed E-state index contributed by atoms with van der Waals surface area (Å²) in [7, 11) is 1.63. The molecule has 0 saturated carbocycles. The number of morpholine rings is 1. The third kappa shape index (κ3) is 2.83. The zero-order valence-electron chi connectivity index (χ0n) is 11.1. The number of nitrogens with zero attached hydrogens (tertiary/aromatic N) is 3. The Hall–Kier alpha value is -1.86. The highest BCUT2D eigenvalue weighted by molar-refractivity contribution is 6.99. The molecule has 1 saturated heterocycles. The summed E-state index contributed by atoms with van der Waals surface area (Å²) in [5.74, 6) is 2.75. The van der Waals surface area contributed by atoms with Gasteiger partial charge in [-0.1, -0.05) is 6.07 Å². The third-order valence-corrected chi connectivity index (χ3v) is 3.51. The molecule has 20 heavy (non-hydrogen) atoms. The largest absolute Gasteiger partial charge is 0.497 e. The van der Waals surface area contributed by atoms with Crippen LogP contribution in [0.2, 0.25) is 0 Å². The van der Waals surface area contributed by atoms with Gasteiger partial charge in [0.15, 0.2) is 0 Å². The van der Waals surface area contributed by atoms with Crippen molar-refractivity contribution in [2.45, 2.75) is 0 Å². The fourth-order valence-corrected chi connectivity index (χ4v) is 2.49. The van der Waals surface area contributed by atoms with Crippen LogP contribution >= 0.6 is 11.7 Å². The van der Waals surface area contributed by atoms with Crippen LogP contribution in [0.15, 0.2) is 24.3 Å². The maximum atomic E-state index is 5.82. The minimum Gasteiger partial charge on any atom is -0.497 e. The van der Waals surface area contributed by atoms with E-state index in [9.17, 15) is 0 Å². The third-order valence-electron chi connectivity index (χ3n) is 3.01. The highest BCUT2D eigenvalue weighted by Crippen LogP contribution is 2.31. The molecule has 0 atom stereocenters. The Labute approximate surface area is 121 Å². The molecule has 2 aromatic rings. The molecule has 0 bridgehead atoms. The average molecular weight is 293 g/mol. The first-order chi connectivity index (χ1) is 9.86. The number of rotatable bonds is 4. The van der Waals surface area contributed by atoms with Crippen LogP contribution in [0.1, 0.15) is 0 Å². The van der Waals surface area contributed by atoms with Gasteiger partial charge in [0.05, 0.1) is 32.1 Å². The van der Waals surface area contributed by atoms with Crippen molar-refractivity contribution in [3.8, 4) is 17.4 Å². The molecule has 6 nitrogen and oxygen atoms in total. The molecular formula is C13H15N3O3S. The predicted octanol–water partition coefficient (Wildman–Crippen LogP) is 2.18. The maximum Gasteiger partial charge on any atom is 0.276 e. The lowest BCUT2D eigenvalue weighted by molar-refractivity contribution is 0.122. The number of methoxy groups -OCH3 is 1. The standard InChI is InChI=1S/C13H15N3O3S/c1-17-10-3-2-4-11(9-10)19-13-12(14-20-15-13)16-5-7-18-8-6-16/h2-4,9H,5-8H2,1H3. The van der Waals surface area contributed by atoms with Gasteiger partial charge < -0.3 is 19.1 Å². The molecule has 0 radical (unpaired) electrons. The highest BCUT2D eigenvalue weighted by Gasteiger charge is 2.20. The Morgan fingerprint density at radius 2 is 2.00 bits per heavy atom. The van der Waals surface area contributed by atoms with Crippen molar-refractivity contribution in [2.24, 2.45) is 0 Å². The molecule has 0 unspecified atom stereocenters. The number of hydrogen-bond acceptors (Lipinski definition) is 7. The SMILES string of the molecule is COc1cccc(Oc2nsnc2N2CCOCC2)c1. The van der Waals surface area contributed by atoms with Crippen molar-refractivity contribution in [3.05, 3.63) is 24.3 Å². The van der Waals surface area contributed by atoms with Gasteiger partial charge in [0, 0.05) is 19.2 Å². The molecule has 1 aliphatic rings. The van der Waals surface area contributed by atoms with Gasteiger partial charge in [-0.3, -0.25) is 0 Å². The van der Waals surface area contributed by atoms with Crippen LogP contribution in [0.4, 0.5) is 5.82 Å². The van der Waals surface area contributed by atoms with Crippen molar-refractivity contribution in [1.82, 2.24) is 8.75 Å². The Morgan fingerprint density at radius 1 is 1.20 bits per heavy atom. The first-order valence-corrected chi connectivity index (χ1v) is 7.07. The van der Waals surface area contributed by atoms with Crippen molar-refractivity contribution in [1.29, 1.82) is 0 Å². The molecule has 0 aliphatic carbocycles. The zero-order valence-corrected chi connectivity index (χ0v) is 11.9. The quantitative estimate of drug-likeness (QED) is 0.861. The van der Waals surface area contributed by atoms with E-state index in [0.717, 1.165) is 36.4 Å². The van der Waals surface area contributed by atoms with Crippen LogP contribution in [0.5, 0.6) is 17.4 Å². The summed E-state index contributed by atoms with van der Waals surface area (Å²) in [6.45, 7) is 3.02. The van der Waals surface area contributed by atoms with Gasteiger partial charge in [-0.05, 0) is 12.1 Å². The Kier molecular flexibility index (Phi) is 3.98. The van der Waals surface area contributed by atoms with E-state index in [0.29, 0.717) is 24.8 Å². The summed E-state index contributed by atoms with van der Waals surface area (Å²) in [5.41, 5.74) is 0. The van der Waals surface area contributed by atoms with E-state index in [4.69, 9.17) is 14.2 Å². The minimum atomic E-state index is 0.533. The van der Waals surface area contributed by atoms with Gasteiger partial charge in [0.25, 0.3) is 5.88 Å². The zero-order chi connectivity index (χ0) is 13.8. The van der Waals surface area contributed by atoms with Crippen LogP contribution in [-0.2, 0) is 4.74 Å². The lowest BCUT2D eigenvalue weighted by Crippen LogP contribution is -2.36. The smallest absolute Gasteiger partial charge is 0.276 e. The van der Waals surface area contributed by atoms with E-state index in [2.05, 4.69) is 13.6 Å². The number of hydrogen-bond donors (Lipinski definition) is 0. The van der Waals surface area contributed by atoms with Crippen molar-refractivity contribution in [2.75, 3.05) is 38.3 Å².